The molecule has 2 aliphatic carbocycles. The van der Waals surface area contributed by atoms with Gasteiger partial charge < -0.3 is 19.5 Å². The van der Waals surface area contributed by atoms with Gasteiger partial charge in [0.05, 0.1) is 19.1 Å². The highest BCUT2D eigenvalue weighted by atomic mass is 16.6. The molecule has 1 N–H and O–H groups in total. The van der Waals surface area contributed by atoms with Gasteiger partial charge in [-0.1, -0.05) is 31.6 Å². The molecule has 1 aromatic carbocycles. The molecule has 6 atom stereocenters. The molecule has 0 amide bonds. The molecule has 2 aliphatic heterocycles. The van der Waals surface area contributed by atoms with Crippen LogP contribution in [0.2, 0.25) is 0 Å². The van der Waals surface area contributed by atoms with Crippen molar-refractivity contribution in [3.05, 3.63) is 35.9 Å². The van der Waals surface area contributed by atoms with E-state index in [0.29, 0.717) is 12.5 Å². The summed E-state index contributed by atoms with van der Waals surface area (Å²) < 4.78 is 11.2. The van der Waals surface area contributed by atoms with Crippen LogP contribution in [0.3, 0.4) is 0 Å². The summed E-state index contributed by atoms with van der Waals surface area (Å²) in [5.41, 5.74) is 2.23. The van der Waals surface area contributed by atoms with Crippen LogP contribution in [0.15, 0.2) is 35.9 Å². The van der Waals surface area contributed by atoms with Crippen LogP contribution in [0.1, 0.15) is 33.1 Å². The van der Waals surface area contributed by atoms with Gasteiger partial charge in [-0.3, -0.25) is 9.69 Å². The summed E-state index contributed by atoms with van der Waals surface area (Å²) in [7, 11) is 1.69. The van der Waals surface area contributed by atoms with E-state index in [1.165, 1.54) is 11.3 Å². The second-order valence-corrected chi connectivity index (χ2v) is 10.3. The normalized spacial score (nSPS) is 37.4. The van der Waals surface area contributed by atoms with E-state index in [0.717, 1.165) is 51.2 Å². The molecular weight excluding hydrogens is 404 g/mol. The number of fused-ring (bicyclic) bond motifs is 2. The molecule has 3 fully saturated rings. The summed E-state index contributed by atoms with van der Waals surface area (Å²) in [5.74, 6) is 0.813. The first-order valence-corrected chi connectivity index (χ1v) is 12.1. The highest BCUT2D eigenvalue weighted by Gasteiger charge is 2.59. The molecule has 4 aliphatic rings. The molecule has 2 heterocycles. The Morgan fingerprint density at radius 3 is 2.78 bits per heavy atom. The van der Waals surface area contributed by atoms with E-state index < -0.39 is 6.10 Å². The van der Waals surface area contributed by atoms with Crippen LogP contribution in [0.5, 0.6) is 5.75 Å². The van der Waals surface area contributed by atoms with Gasteiger partial charge in [0, 0.05) is 62.2 Å². The van der Waals surface area contributed by atoms with E-state index in [4.69, 9.17) is 9.47 Å². The lowest BCUT2D eigenvalue weighted by Crippen LogP contribution is -2.55. The third kappa shape index (κ3) is 3.52. The third-order valence-electron chi connectivity index (χ3n) is 8.82. The maximum absolute atomic E-state index is 12.9. The summed E-state index contributed by atoms with van der Waals surface area (Å²) in [4.78, 5) is 17.6. The first-order valence-electron chi connectivity index (χ1n) is 12.1. The predicted octanol–water partition coefficient (Wildman–Crippen LogP) is 3.10. The molecule has 0 aromatic heterocycles. The number of aliphatic hydroxyl groups excluding tert-OH is 1. The minimum Gasteiger partial charge on any atom is -0.497 e. The Bertz CT molecular complexity index is 894. The molecule has 1 aromatic rings. The predicted molar refractivity (Wildman–Crippen MR) is 124 cm³/mol. The van der Waals surface area contributed by atoms with Crippen LogP contribution < -0.4 is 9.64 Å². The number of hydrogen-bond acceptors (Lipinski definition) is 6. The van der Waals surface area contributed by atoms with E-state index in [9.17, 15) is 9.90 Å². The Labute approximate surface area is 191 Å². The van der Waals surface area contributed by atoms with Gasteiger partial charge in [0.25, 0.3) is 0 Å². The van der Waals surface area contributed by atoms with Crippen molar-refractivity contribution < 1.29 is 19.4 Å². The number of rotatable bonds is 4. The second-order valence-electron chi connectivity index (χ2n) is 10.3. The molecule has 1 saturated carbocycles. The Hall–Kier alpha value is -2.05. The molecule has 5 rings (SSSR count). The largest absolute Gasteiger partial charge is 0.497 e. The molecular formula is C26H36N2O4. The van der Waals surface area contributed by atoms with Crippen molar-refractivity contribution in [1.29, 1.82) is 0 Å². The first-order chi connectivity index (χ1) is 15.4. The number of benzene rings is 1. The molecule has 0 unspecified atom stereocenters. The Morgan fingerprint density at radius 2 is 2.03 bits per heavy atom. The number of esters is 1. The molecule has 6 heteroatoms. The quantitative estimate of drug-likeness (QED) is 0.574. The van der Waals surface area contributed by atoms with Crippen molar-refractivity contribution in [2.75, 3.05) is 44.7 Å². The van der Waals surface area contributed by atoms with Gasteiger partial charge >= 0.3 is 5.97 Å². The van der Waals surface area contributed by atoms with Gasteiger partial charge in [-0.25, -0.2) is 0 Å². The number of anilines is 1. The summed E-state index contributed by atoms with van der Waals surface area (Å²) in [6.45, 7) is 8.74. The topological polar surface area (TPSA) is 62.2 Å². The molecule has 32 heavy (non-hydrogen) atoms. The number of ether oxygens (including phenoxy) is 2. The number of hydrogen-bond donors (Lipinski definition) is 1. The molecule has 2 saturated heterocycles. The smallest absolute Gasteiger partial charge is 0.311 e. The van der Waals surface area contributed by atoms with Gasteiger partial charge in [-0.2, -0.15) is 0 Å². The van der Waals surface area contributed by atoms with E-state index >= 15 is 0 Å². The summed E-state index contributed by atoms with van der Waals surface area (Å²) in [6.07, 6.45) is 4.53. The Morgan fingerprint density at radius 1 is 1.25 bits per heavy atom. The average Bonchev–Trinajstić information content (AvgIpc) is 3.11. The summed E-state index contributed by atoms with van der Waals surface area (Å²) in [6, 6.07) is 8.18. The van der Waals surface area contributed by atoms with Gasteiger partial charge in [0.2, 0.25) is 0 Å². The number of aliphatic hydroxyl groups is 1. The van der Waals surface area contributed by atoms with Crippen molar-refractivity contribution >= 4 is 11.7 Å². The van der Waals surface area contributed by atoms with Crippen LogP contribution >= 0.6 is 0 Å². The van der Waals surface area contributed by atoms with Crippen LogP contribution in [0, 0.1) is 23.2 Å². The number of methoxy groups -OCH3 is 1. The highest BCUT2D eigenvalue weighted by Crippen LogP contribution is 2.56. The van der Waals surface area contributed by atoms with Gasteiger partial charge in [0.15, 0.2) is 0 Å². The number of allylic oxidation sites excluding steroid dienone is 1. The average molecular weight is 441 g/mol. The minimum atomic E-state index is -0.530. The van der Waals surface area contributed by atoms with Gasteiger partial charge in [-0.15, -0.1) is 0 Å². The fraction of sp³-hybridized carbons (Fsp3) is 0.654. The van der Waals surface area contributed by atoms with Crippen LogP contribution in [0.4, 0.5) is 5.69 Å². The minimum absolute atomic E-state index is 0.110. The molecule has 0 bridgehead atoms. The summed E-state index contributed by atoms with van der Waals surface area (Å²) >= 11 is 0. The third-order valence-corrected chi connectivity index (χ3v) is 8.82. The number of piperazine rings is 1. The number of carbonyl (C=O) groups is 1. The van der Waals surface area contributed by atoms with E-state index in [1.807, 2.05) is 12.1 Å². The van der Waals surface area contributed by atoms with Crippen LogP contribution in [-0.2, 0) is 9.53 Å². The zero-order valence-electron chi connectivity index (χ0n) is 19.5. The fourth-order valence-corrected chi connectivity index (χ4v) is 6.55. The van der Waals surface area contributed by atoms with Gasteiger partial charge in [0.1, 0.15) is 11.9 Å². The monoisotopic (exact) mass is 440 g/mol. The van der Waals surface area contributed by atoms with Crippen molar-refractivity contribution in [2.45, 2.75) is 45.3 Å². The van der Waals surface area contributed by atoms with Crippen molar-refractivity contribution in [3.8, 4) is 5.75 Å². The lowest BCUT2D eigenvalue weighted by Gasteiger charge is -2.52. The number of nitrogens with zero attached hydrogens (tertiary/aromatic N) is 2. The van der Waals surface area contributed by atoms with Crippen molar-refractivity contribution in [1.82, 2.24) is 4.90 Å². The van der Waals surface area contributed by atoms with Crippen LogP contribution in [-0.4, -0.2) is 68.0 Å². The maximum atomic E-state index is 12.9. The number of carbonyl (C=O) groups excluding carboxylic acids is 1. The van der Waals surface area contributed by atoms with Crippen molar-refractivity contribution in [3.63, 3.8) is 0 Å². The second kappa shape index (κ2) is 8.38. The van der Waals surface area contributed by atoms with Crippen LogP contribution in [0.25, 0.3) is 0 Å². The Kier molecular flexibility index (Phi) is 5.70. The lowest BCUT2D eigenvalue weighted by atomic mass is 9.55. The maximum Gasteiger partial charge on any atom is 0.311 e. The van der Waals surface area contributed by atoms with E-state index in [2.05, 4.69) is 41.9 Å². The molecule has 174 valence electrons. The van der Waals surface area contributed by atoms with E-state index in [1.54, 1.807) is 7.11 Å². The lowest BCUT2D eigenvalue weighted by molar-refractivity contribution is -0.145. The standard InChI is InChI=1S/C26H36N2O4/c1-17-6-4-7-18-14-22-23(24(29)26(17,18)2)21(25(30)32-22)16-27-10-12-28(13-11-27)19-8-5-9-20(15-19)31-3/h5,7-9,15,17,21-24,29H,4,6,10-14,16H2,1-3H3/t17-,21+,22-,23-,24+,26-/m1/s1. The first kappa shape index (κ1) is 21.8. The zero-order valence-corrected chi connectivity index (χ0v) is 19.5. The zero-order chi connectivity index (χ0) is 22.5. The molecule has 6 nitrogen and oxygen atoms in total. The van der Waals surface area contributed by atoms with Crippen molar-refractivity contribution in [2.24, 2.45) is 23.2 Å². The fourth-order valence-electron chi connectivity index (χ4n) is 6.55. The molecule has 0 radical (unpaired) electrons. The highest BCUT2D eigenvalue weighted by molar-refractivity contribution is 5.76. The SMILES string of the molecule is COc1cccc(N2CCN(C[C@@H]3C(=O)O[C@@H]4CC5=CCC[C@@H](C)[C@@]5(C)[C@@H](O)[C@H]34)CC2)c1. The Balaban J connectivity index is 1.26. The molecule has 0 spiro atoms. The summed E-state index contributed by atoms with van der Waals surface area (Å²) in [5, 5.41) is 11.6. The van der Waals surface area contributed by atoms with E-state index in [-0.39, 0.29) is 29.3 Å². The van der Waals surface area contributed by atoms with Gasteiger partial charge in [-0.05, 0) is 30.9 Å².